The Bertz CT molecular complexity index is 1640. The van der Waals surface area contributed by atoms with Gasteiger partial charge in [0.1, 0.15) is 0 Å². The number of benzene rings is 4. The van der Waals surface area contributed by atoms with Gasteiger partial charge in [-0.2, -0.15) is 5.10 Å². The molecule has 0 fully saturated rings. The zero-order valence-corrected chi connectivity index (χ0v) is 22.4. The molecule has 0 amide bonds. The van der Waals surface area contributed by atoms with Crippen LogP contribution in [0.15, 0.2) is 102 Å². The number of nitrogens with zero attached hydrogens (tertiary/aromatic N) is 5. The van der Waals surface area contributed by atoms with Gasteiger partial charge in [-0.05, 0) is 48.4 Å². The SMILES string of the molecule is Cc1cccc([C@H]2CC(c3ccc(N(C)C)cc3)=NN2c2nc(-c3ccc(Cl)cc3)c3ccccc3n2)c1. The molecule has 1 aromatic heterocycles. The first-order chi connectivity index (χ1) is 18.5. The lowest BCUT2D eigenvalue weighted by Crippen LogP contribution is -2.21. The average molecular weight is 518 g/mol. The maximum atomic E-state index is 6.19. The summed E-state index contributed by atoms with van der Waals surface area (Å²) < 4.78 is 0. The van der Waals surface area contributed by atoms with E-state index in [1.165, 1.54) is 11.1 Å². The molecule has 1 aliphatic heterocycles. The minimum absolute atomic E-state index is 0.0161. The third-order valence-electron chi connectivity index (χ3n) is 6.97. The number of aromatic nitrogens is 2. The molecule has 1 aliphatic rings. The van der Waals surface area contributed by atoms with Gasteiger partial charge in [-0.15, -0.1) is 0 Å². The normalized spacial score (nSPS) is 15.1. The monoisotopic (exact) mass is 517 g/mol. The zero-order chi connectivity index (χ0) is 26.2. The number of rotatable bonds is 5. The molecule has 0 radical (unpaired) electrons. The molecule has 0 bridgehead atoms. The number of hydrogen-bond acceptors (Lipinski definition) is 5. The van der Waals surface area contributed by atoms with Crippen molar-refractivity contribution in [3.05, 3.63) is 119 Å². The van der Waals surface area contributed by atoms with Crippen LogP contribution < -0.4 is 9.91 Å². The standard InChI is InChI=1S/C32H28ClN5/c1-21-7-6-8-24(19-21)30-20-29(22-13-17-26(18-14-22)37(2)3)36-38(30)32-34-28-10-5-4-9-27(28)31(35-32)23-11-15-25(33)16-12-23/h4-19,30H,20H2,1-3H3/t30-/m1/s1. The summed E-state index contributed by atoms with van der Waals surface area (Å²) in [5, 5.41) is 8.82. The van der Waals surface area contributed by atoms with Crippen molar-refractivity contribution in [1.29, 1.82) is 0 Å². The summed E-state index contributed by atoms with van der Waals surface area (Å²) in [5.74, 6) is 0.583. The second-order valence-electron chi connectivity index (χ2n) is 9.86. The Kier molecular flexibility index (Phi) is 6.30. The van der Waals surface area contributed by atoms with Gasteiger partial charge in [0.15, 0.2) is 0 Å². The van der Waals surface area contributed by atoms with Gasteiger partial charge in [-0.25, -0.2) is 15.0 Å². The summed E-state index contributed by atoms with van der Waals surface area (Å²) >= 11 is 6.19. The van der Waals surface area contributed by atoms with Crippen LogP contribution >= 0.6 is 11.6 Å². The summed E-state index contributed by atoms with van der Waals surface area (Å²) in [6.07, 6.45) is 0.761. The molecule has 0 aliphatic carbocycles. The molecular weight excluding hydrogens is 490 g/mol. The fourth-order valence-electron chi connectivity index (χ4n) is 4.95. The van der Waals surface area contributed by atoms with Crippen LogP contribution in [0.25, 0.3) is 22.2 Å². The predicted molar refractivity (Wildman–Crippen MR) is 158 cm³/mol. The Morgan fingerprint density at radius 1 is 0.816 bits per heavy atom. The van der Waals surface area contributed by atoms with Gasteiger partial charge in [-0.3, -0.25) is 0 Å². The highest BCUT2D eigenvalue weighted by molar-refractivity contribution is 6.30. The van der Waals surface area contributed by atoms with E-state index in [-0.39, 0.29) is 6.04 Å². The van der Waals surface area contributed by atoms with Crippen LogP contribution in [0.2, 0.25) is 5.02 Å². The molecule has 0 saturated heterocycles. The van der Waals surface area contributed by atoms with Crippen LogP contribution in [0.1, 0.15) is 29.2 Å². The second kappa shape index (κ2) is 9.92. The van der Waals surface area contributed by atoms with Crippen molar-refractivity contribution in [3.63, 3.8) is 0 Å². The largest absolute Gasteiger partial charge is 0.378 e. The summed E-state index contributed by atoms with van der Waals surface area (Å²) in [7, 11) is 4.10. The van der Waals surface area contributed by atoms with Gasteiger partial charge in [-0.1, -0.05) is 83.9 Å². The summed E-state index contributed by atoms with van der Waals surface area (Å²) in [5.41, 5.74) is 8.43. The van der Waals surface area contributed by atoms with E-state index in [0.717, 1.165) is 45.5 Å². The Balaban J connectivity index is 1.50. The maximum Gasteiger partial charge on any atom is 0.247 e. The van der Waals surface area contributed by atoms with Gasteiger partial charge in [0.25, 0.3) is 0 Å². The average Bonchev–Trinajstić information content (AvgIpc) is 3.39. The predicted octanol–water partition coefficient (Wildman–Crippen LogP) is 7.68. The number of anilines is 2. The zero-order valence-electron chi connectivity index (χ0n) is 21.6. The molecule has 6 heteroatoms. The molecule has 5 aromatic rings. The van der Waals surface area contributed by atoms with Crippen LogP contribution in [0, 0.1) is 6.92 Å². The van der Waals surface area contributed by atoms with Crippen molar-refractivity contribution < 1.29 is 0 Å². The third-order valence-corrected chi connectivity index (χ3v) is 7.22. The highest BCUT2D eigenvalue weighted by Crippen LogP contribution is 2.38. The van der Waals surface area contributed by atoms with Gasteiger partial charge in [0.05, 0.1) is 23.0 Å². The lowest BCUT2D eigenvalue weighted by atomic mass is 9.97. The van der Waals surface area contributed by atoms with Crippen molar-refractivity contribution in [1.82, 2.24) is 9.97 Å². The minimum atomic E-state index is -0.0161. The Hall–Kier alpha value is -4.22. The molecule has 4 aromatic carbocycles. The molecular formula is C32H28ClN5. The van der Waals surface area contributed by atoms with Gasteiger partial charge >= 0.3 is 0 Å². The molecule has 188 valence electrons. The smallest absolute Gasteiger partial charge is 0.247 e. The first kappa shape index (κ1) is 24.1. The van der Waals surface area contributed by atoms with Crippen LogP contribution in [-0.2, 0) is 0 Å². The fraction of sp³-hybridized carbons (Fsp3) is 0.156. The van der Waals surface area contributed by atoms with E-state index in [0.29, 0.717) is 11.0 Å². The van der Waals surface area contributed by atoms with Crippen LogP contribution in [0.3, 0.4) is 0 Å². The number of aryl methyl sites for hydroxylation is 1. The van der Waals surface area contributed by atoms with Crippen molar-refractivity contribution in [2.45, 2.75) is 19.4 Å². The Labute approximate surface area is 228 Å². The topological polar surface area (TPSA) is 44.6 Å². The molecule has 38 heavy (non-hydrogen) atoms. The van der Waals surface area contributed by atoms with E-state index < -0.39 is 0 Å². The Morgan fingerprint density at radius 3 is 2.29 bits per heavy atom. The van der Waals surface area contributed by atoms with Crippen molar-refractivity contribution >= 4 is 39.9 Å². The molecule has 0 unspecified atom stereocenters. The lowest BCUT2D eigenvalue weighted by molar-refractivity contribution is 0.688. The highest BCUT2D eigenvalue weighted by atomic mass is 35.5. The molecule has 5 nitrogen and oxygen atoms in total. The number of hydrogen-bond donors (Lipinski definition) is 0. The summed E-state index contributed by atoms with van der Waals surface area (Å²) in [4.78, 5) is 12.2. The van der Waals surface area contributed by atoms with E-state index in [2.05, 4.69) is 66.4 Å². The van der Waals surface area contributed by atoms with E-state index >= 15 is 0 Å². The first-order valence-corrected chi connectivity index (χ1v) is 13.1. The van der Waals surface area contributed by atoms with Crippen molar-refractivity contribution in [2.75, 3.05) is 24.0 Å². The molecule has 0 spiro atoms. The first-order valence-electron chi connectivity index (χ1n) is 12.7. The minimum Gasteiger partial charge on any atom is -0.378 e. The summed E-state index contributed by atoms with van der Waals surface area (Å²) in [6, 6.07) is 33.1. The summed E-state index contributed by atoms with van der Waals surface area (Å²) in [6.45, 7) is 2.12. The van der Waals surface area contributed by atoms with E-state index in [1.54, 1.807) is 0 Å². The number of hydrazone groups is 1. The van der Waals surface area contributed by atoms with E-state index in [1.807, 2.05) is 61.6 Å². The van der Waals surface area contributed by atoms with Crippen molar-refractivity contribution in [2.24, 2.45) is 5.10 Å². The highest BCUT2D eigenvalue weighted by Gasteiger charge is 2.32. The lowest BCUT2D eigenvalue weighted by Gasteiger charge is -2.23. The quantitative estimate of drug-likeness (QED) is 0.240. The van der Waals surface area contributed by atoms with Crippen LogP contribution in [0.4, 0.5) is 11.6 Å². The molecule has 6 rings (SSSR count). The van der Waals surface area contributed by atoms with Gasteiger partial charge < -0.3 is 4.90 Å². The van der Waals surface area contributed by atoms with E-state index in [4.69, 9.17) is 26.7 Å². The van der Waals surface area contributed by atoms with Gasteiger partial charge in [0.2, 0.25) is 5.95 Å². The molecule has 1 atom stereocenters. The maximum absolute atomic E-state index is 6.19. The van der Waals surface area contributed by atoms with Crippen LogP contribution in [-0.4, -0.2) is 29.8 Å². The number of para-hydroxylation sites is 1. The Morgan fingerprint density at radius 2 is 1.55 bits per heavy atom. The van der Waals surface area contributed by atoms with Crippen LogP contribution in [0.5, 0.6) is 0 Å². The second-order valence-corrected chi connectivity index (χ2v) is 10.3. The number of halogens is 1. The molecule has 0 N–H and O–H groups in total. The van der Waals surface area contributed by atoms with Gasteiger partial charge in [0, 0.05) is 42.2 Å². The molecule has 2 heterocycles. The fourth-order valence-corrected chi connectivity index (χ4v) is 5.08. The third kappa shape index (κ3) is 4.61. The number of fused-ring (bicyclic) bond motifs is 1. The molecule has 0 saturated carbocycles. The van der Waals surface area contributed by atoms with E-state index in [9.17, 15) is 0 Å². The van der Waals surface area contributed by atoms with Crippen molar-refractivity contribution in [3.8, 4) is 11.3 Å².